The van der Waals surface area contributed by atoms with Crippen molar-refractivity contribution in [3.63, 3.8) is 0 Å². The first-order chi connectivity index (χ1) is 12.0. The maximum absolute atomic E-state index is 12.7. The number of halogens is 1. The molecule has 132 valence electrons. The lowest BCUT2D eigenvalue weighted by atomic mass is 9.86. The van der Waals surface area contributed by atoms with Gasteiger partial charge in [-0.15, -0.1) is 0 Å². The van der Waals surface area contributed by atoms with Crippen molar-refractivity contribution in [2.45, 2.75) is 25.5 Å². The number of nitrogens with zero attached hydrogens (tertiary/aromatic N) is 4. The molecule has 0 unspecified atom stereocenters. The summed E-state index contributed by atoms with van der Waals surface area (Å²) in [6.07, 6.45) is 5.84. The molecule has 3 rings (SSSR count). The Hall–Kier alpha value is -2.41. The summed E-state index contributed by atoms with van der Waals surface area (Å²) in [6.45, 7) is 0.0550. The first-order valence-electron chi connectivity index (χ1n) is 7.97. The number of carbonyl (C=O) groups excluding carboxylic acids is 2. The summed E-state index contributed by atoms with van der Waals surface area (Å²) in [5, 5.41) is 4.47. The van der Waals surface area contributed by atoms with Gasteiger partial charge in [0.2, 0.25) is 5.91 Å². The summed E-state index contributed by atoms with van der Waals surface area (Å²) < 4.78 is 7.11. The Labute approximate surface area is 150 Å². The number of ether oxygens (including phenoxy) is 1. The number of likely N-dealkylation sites (tertiary alicyclic amines) is 1. The van der Waals surface area contributed by atoms with Crippen LogP contribution in [0.3, 0.4) is 0 Å². The lowest BCUT2D eigenvalue weighted by Crippen LogP contribution is -2.43. The molecule has 0 bridgehead atoms. The Morgan fingerprint density at radius 3 is 2.92 bits per heavy atom. The zero-order valence-electron chi connectivity index (χ0n) is 14.1. The summed E-state index contributed by atoms with van der Waals surface area (Å²) in [4.78, 5) is 30.3. The first kappa shape index (κ1) is 17.4. The van der Waals surface area contributed by atoms with Gasteiger partial charge in [-0.25, -0.2) is 4.98 Å². The molecule has 7 nitrogen and oxygen atoms in total. The number of aryl methyl sites for hydroxylation is 1. The fraction of sp³-hybridized carbons (Fsp3) is 0.412. The maximum Gasteiger partial charge on any atom is 0.311 e. The molecule has 1 aliphatic heterocycles. The maximum atomic E-state index is 12.7. The van der Waals surface area contributed by atoms with Crippen molar-refractivity contribution < 1.29 is 14.3 Å². The number of amides is 1. The van der Waals surface area contributed by atoms with E-state index >= 15 is 0 Å². The highest BCUT2D eigenvalue weighted by Crippen LogP contribution is 2.36. The molecule has 2 atom stereocenters. The number of hydrogen-bond donors (Lipinski definition) is 0. The van der Waals surface area contributed by atoms with Crippen LogP contribution in [0.1, 0.15) is 30.0 Å². The quantitative estimate of drug-likeness (QED) is 0.615. The summed E-state index contributed by atoms with van der Waals surface area (Å²) in [5.74, 6) is -0.788. The Kier molecular flexibility index (Phi) is 5.03. The molecule has 1 fully saturated rings. The molecule has 0 aliphatic carbocycles. The van der Waals surface area contributed by atoms with E-state index in [1.54, 1.807) is 48.2 Å². The first-order valence-corrected chi connectivity index (χ1v) is 8.35. The lowest BCUT2D eigenvalue weighted by molar-refractivity contribution is -0.157. The predicted molar refractivity (Wildman–Crippen MR) is 90.5 cm³/mol. The van der Waals surface area contributed by atoms with Gasteiger partial charge in [0.25, 0.3) is 0 Å². The number of piperidine rings is 1. The molecule has 1 aliphatic rings. The monoisotopic (exact) mass is 362 g/mol. The number of aromatic nitrogens is 3. The minimum Gasteiger partial charge on any atom is -0.460 e. The van der Waals surface area contributed by atoms with Crippen LogP contribution in [-0.4, -0.2) is 38.6 Å². The molecule has 25 heavy (non-hydrogen) atoms. The van der Waals surface area contributed by atoms with Crippen LogP contribution in [0.5, 0.6) is 0 Å². The second-order valence-corrected chi connectivity index (χ2v) is 6.46. The van der Waals surface area contributed by atoms with Gasteiger partial charge in [0.15, 0.2) is 0 Å². The zero-order chi connectivity index (χ0) is 18.0. The summed E-state index contributed by atoms with van der Waals surface area (Å²) in [5.41, 5.74) is 1.47. The minimum atomic E-state index is -0.442. The van der Waals surface area contributed by atoms with Crippen LogP contribution in [0.25, 0.3) is 0 Å². The molecule has 0 aromatic carbocycles. The van der Waals surface area contributed by atoms with Crippen LogP contribution in [0, 0.1) is 5.92 Å². The van der Waals surface area contributed by atoms with Crippen molar-refractivity contribution in [2.24, 2.45) is 13.0 Å². The molecule has 0 N–H and O–H groups in total. The third-order valence-electron chi connectivity index (χ3n) is 4.44. The van der Waals surface area contributed by atoms with Crippen molar-refractivity contribution in [3.05, 3.63) is 47.0 Å². The molecule has 2 aromatic rings. The van der Waals surface area contributed by atoms with Gasteiger partial charge in [-0.1, -0.05) is 17.7 Å². The van der Waals surface area contributed by atoms with E-state index in [2.05, 4.69) is 10.1 Å². The Bertz CT molecular complexity index is 792. The Balaban J connectivity index is 1.77. The molecule has 0 radical (unpaired) electrons. The lowest BCUT2D eigenvalue weighted by Gasteiger charge is -2.37. The molecule has 8 heteroatoms. The van der Waals surface area contributed by atoms with E-state index in [1.165, 1.54) is 0 Å². The van der Waals surface area contributed by atoms with Gasteiger partial charge in [-0.05, 0) is 12.5 Å². The predicted octanol–water partition coefficient (Wildman–Crippen LogP) is 2.12. The van der Waals surface area contributed by atoms with Crippen molar-refractivity contribution in [3.8, 4) is 0 Å². The topological polar surface area (TPSA) is 77.3 Å². The van der Waals surface area contributed by atoms with Gasteiger partial charge < -0.3 is 9.64 Å². The van der Waals surface area contributed by atoms with E-state index in [1.807, 2.05) is 6.20 Å². The second-order valence-electron chi connectivity index (χ2n) is 6.10. The molecular formula is C17H19ClN4O3. The molecule has 0 saturated carbocycles. The van der Waals surface area contributed by atoms with Gasteiger partial charge in [0.1, 0.15) is 11.8 Å². The average Bonchev–Trinajstić information content (AvgIpc) is 3.02. The highest BCUT2D eigenvalue weighted by Gasteiger charge is 2.40. The van der Waals surface area contributed by atoms with Crippen LogP contribution in [0.4, 0.5) is 0 Å². The number of hydrogen-bond acceptors (Lipinski definition) is 5. The van der Waals surface area contributed by atoms with Crippen LogP contribution in [0.15, 0.2) is 30.7 Å². The van der Waals surface area contributed by atoms with Gasteiger partial charge in [-0.3, -0.25) is 14.3 Å². The van der Waals surface area contributed by atoms with E-state index in [0.717, 1.165) is 5.56 Å². The largest absolute Gasteiger partial charge is 0.460 e. The summed E-state index contributed by atoms with van der Waals surface area (Å²) >= 11 is 6.00. The van der Waals surface area contributed by atoms with Crippen LogP contribution in [-0.2, 0) is 28.0 Å². The highest BCUT2D eigenvalue weighted by atomic mass is 35.5. The highest BCUT2D eigenvalue weighted by molar-refractivity contribution is 6.30. The van der Waals surface area contributed by atoms with Gasteiger partial charge in [0.05, 0.1) is 18.2 Å². The fourth-order valence-corrected chi connectivity index (χ4v) is 3.29. The molecule has 3 heterocycles. The summed E-state index contributed by atoms with van der Waals surface area (Å²) in [6, 6.07) is 3.12. The van der Waals surface area contributed by atoms with E-state index in [-0.39, 0.29) is 24.5 Å². The molecule has 2 aromatic heterocycles. The SMILES string of the molecule is CN1C(=O)CC[C@H](C(=O)OCc2cccnc2Cl)[C@@H]1c1cnn(C)c1. The van der Waals surface area contributed by atoms with Gasteiger partial charge >= 0.3 is 5.97 Å². The van der Waals surface area contributed by atoms with Crippen LogP contribution >= 0.6 is 11.6 Å². The van der Waals surface area contributed by atoms with E-state index in [4.69, 9.17) is 16.3 Å². The Morgan fingerprint density at radius 1 is 1.44 bits per heavy atom. The number of rotatable bonds is 4. The van der Waals surface area contributed by atoms with Gasteiger partial charge in [0, 0.05) is 44.0 Å². The molecular weight excluding hydrogens is 344 g/mol. The van der Waals surface area contributed by atoms with E-state index in [0.29, 0.717) is 23.6 Å². The zero-order valence-corrected chi connectivity index (χ0v) is 14.8. The minimum absolute atomic E-state index is 0.00760. The van der Waals surface area contributed by atoms with Crippen LogP contribution < -0.4 is 0 Å². The number of esters is 1. The number of carbonyl (C=O) groups is 2. The standard InChI is InChI=1S/C17H19ClN4O3/c1-21-9-12(8-20-21)15-13(5-6-14(23)22(15)2)17(24)25-10-11-4-3-7-19-16(11)18/h3-4,7-9,13,15H,5-6,10H2,1-2H3/t13-,15-/m0/s1. The molecule has 0 spiro atoms. The molecule has 1 amide bonds. The van der Waals surface area contributed by atoms with Crippen LogP contribution in [0.2, 0.25) is 5.15 Å². The Morgan fingerprint density at radius 2 is 2.24 bits per heavy atom. The average molecular weight is 363 g/mol. The summed E-state index contributed by atoms with van der Waals surface area (Å²) in [7, 11) is 3.50. The van der Waals surface area contributed by atoms with Crippen molar-refractivity contribution >= 4 is 23.5 Å². The second kappa shape index (κ2) is 7.23. The smallest absolute Gasteiger partial charge is 0.311 e. The van der Waals surface area contributed by atoms with E-state index < -0.39 is 5.92 Å². The normalized spacial score (nSPS) is 20.6. The third-order valence-corrected chi connectivity index (χ3v) is 4.78. The third kappa shape index (κ3) is 3.66. The number of pyridine rings is 1. The van der Waals surface area contributed by atoms with Crippen molar-refractivity contribution in [1.82, 2.24) is 19.7 Å². The van der Waals surface area contributed by atoms with Crippen molar-refractivity contribution in [1.29, 1.82) is 0 Å². The van der Waals surface area contributed by atoms with Crippen molar-refractivity contribution in [2.75, 3.05) is 7.05 Å². The molecule has 1 saturated heterocycles. The van der Waals surface area contributed by atoms with E-state index in [9.17, 15) is 9.59 Å². The van der Waals surface area contributed by atoms with Gasteiger partial charge in [-0.2, -0.15) is 5.10 Å². The fourth-order valence-electron chi connectivity index (χ4n) is 3.12.